The van der Waals surface area contributed by atoms with Crippen molar-refractivity contribution in [2.24, 2.45) is 17.6 Å². The van der Waals surface area contributed by atoms with E-state index in [2.05, 4.69) is 32.6 Å². The third-order valence-electron chi connectivity index (χ3n) is 4.83. The normalized spacial score (nSPS) is 47.2. The predicted molar refractivity (Wildman–Crippen MR) is 75.5 cm³/mol. The molecule has 3 nitrogen and oxygen atoms in total. The predicted octanol–water partition coefficient (Wildman–Crippen LogP) is 2.25. The molecule has 6 atom stereocenters. The molecule has 0 aromatic rings. The first-order chi connectivity index (χ1) is 8.52. The molecule has 0 bridgehead atoms. The smallest absolute Gasteiger partial charge is 0.0674 e. The van der Waals surface area contributed by atoms with E-state index in [1.54, 1.807) is 0 Å². The summed E-state index contributed by atoms with van der Waals surface area (Å²) in [5.74, 6) is 1.49. The molecule has 0 radical (unpaired) electrons. The molecular formula is C15H30N2O. The molecule has 3 heteroatoms. The minimum Gasteiger partial charge on any atom is -0.376 e. The lowest BCUT2D eigenvalue weighted by Gasteiger charge is -2.50. The van der Waals surface area contributed by atoms with Crippen molar-refractivity contribution in [2.75, 3.05) is 13.2 Å². The summed E-state index contributed by atoms with van der Waals surface area (Å²) in [5.41, 5.74) is 6.47. The van der Waals surface area contributed by atoms with Gasteiger partial charge in [0, 0.05) is 24.7 Å². The second-order valence-corrected chi connectivity index (χ2v) is 6.61. The van der Waals surface area contributed by atoms with Crippen LogP contribution in [0, 0.1) is 11.8 Å². The summed E-state index contributed by atoms with van der Waals surface area (Å²) < 4.78 is 5.81. The highest BCUT2D eigenvalue weighted by Gasteiger charge is 2.40. The highest BCUT2D eigenvalue weighted by molar-refractivity contribution is 4.96. The Hall–Kier alpha value is -0.120. The van der Waals surface area contributed by atoms with Gasteiger partial charge in [-0.3, -0.25) is 4.90 Å². The minimum atomic E-state index is 0.336. The van der Waals surface area contributed by atoms with E-state index in [0.29, 0.717) is 30.1 Å². The average Bonchev–Trinajstić information content (AvgIpc) is 2.28. The molecule has 1 aliphatic heterocycles. The Balaban J connectivity index is 2.11. The molecule has 1 saturated heterocycles. The van der Waals surface area contributed by atoms with Crippen molar-refractivity contribution in [2.45, 2.75) is 71.2 Å². The van der Waals surface area contributed by atoms with Crippen LogP contribution in [0.25, 0.3) is 0 Å². The minimum absolute atomic E-state index is 0.336. The summed E-state index contributed by atoms with van der Waals surface area (Å²) in [4.78, 5) is 2.66. The number of ether oxygens (including phenoxy) is 1. The summed E-state index contributed by atoms with van der Waals surface area (Å²) in [6.07, 6.45) is 4.02. The van der Waals surface area contributed by atoms with Crippen molar-refractivity contribution in [1.29, 1.82) is 0 Å². The van der Waals surface area contributed by atoms with E-state index < -0.39 is 0 Å². The van der Waals surface area contributed by atoms with Crippen molar-refractivity contribution in [1.82, 2.24) is 4.90 Å². The Bertz CT molecular complexity index is 259. The van der Waals surface area contributed by atoms with Gasteiger partial charge in [0.1, 0.15) is 0 Å². The van der Waals surface area contributed by atoms with E-state index in [0.717, 1.165) is 25.5 Å². The molecule has 1 saturated carbocycles. The summed E-state index contributed by atoms with van der Waals surface area (Å²) in [6, 6.07) is 1.45. The summed E-state index contributed by atoms with van der Waals surface area (Å²) >= 11 is 0. The van der Waals surface area contributed by atoms with Gasteiger partial charge < -0.3 is 10.5 Å². The molecule has 0 amide bonds. The van der Waals surface area contributed by atoms with Crippen LogP contribution in [0.15, 0.2) is 0 Å². The quantitative estimate of drug-likeness (QED) is 0.821. The van der Waals surface area contributed by atoms with Gasteiger partial charge in [0.2, 0.25) is 0 Å². The number of hydrogen-bond donors (Lipinski definition) is 1. The second-order valence-electron chi connectivity index (χ2n) is 6.61. The van der Waals surface area contributed by atoms with Crippen LogP contribution in [0.4, 0.5) is 0 Å². The first-order valence-electron chi connectivity index (χ1n) is 7.65. The average molecular weight is 254 g/mol. The van der Waals surface area contributed by atoms with Crippen molar-refractivity contribution in [3.63, 3.8) is 0 Å². The van der Waals surface area contributed by atoms with Gasteiger partial charge in [-0.05, 0) is 38.0 Å². The number of rotatable bonds is 2. The maximum atomic E-state index is 6.47. The van der Waals surface area contributed by atoms with Crippen LogP contribution in [0.2, 0.25) is 0 Å². The fourth-order valence-electron chi connectivity index (χ4n) is 4.06. The van der Waals surface area contributed by atoms with Crippen LogP contribution >= 0.6 is 0 Å². The Kier molecular flexibility index (Phi) is 4.68. The molecule has 1 aliphatic carbocycles. The van der Waals surface area contributed by atoms with Crippen molar-refractivity contribution >= 4 is 0 Å². The molecule has 2 N–H and O–H groups in total. The van der Waals surface area contributed by atoms with E-state index in [9.17, 15) is 0 Å². The molecule has 0 aromatic carbocycles. The first kappa shape index (κ1) is 14.3. The molecule has 106 valence electrons. The number of hydrogen-bond acceptors (Lipinski definition) is 3. The van der Waals surface area contributed by atoms with Crippen LogP contribution in [0.1, 0.15) is 47.0 Å². The third-order valence-corrected chi connectivity index (χ3v) is 4.83. The monoisotopic (exact) mass is 254 g/mol. The number of morpholine rings is 1. The highest BCUT2D eigenvalue weighted by atomic mass is 16.5. The Labute approximate surface area is 112 Å². The molecule has 0 spiro atoms. The lowest BCUT2D eigenvalue weighted by molar-refractivity contribution is -0.0917. The van der Waals surface area contributed by atoms with Crippen molar-refractivity contribution < 1.29 is 4.74 Å². The standard InChI is InChI=1S/C15H30N2O/c1-5-13-9-18-12(4)8-17(13)15-11(3)6-10(2)7-14(15)16/h10-15H,5-9,16H2,1-4H3. The third kappa shape index (κ3) is 2.89. The van der Waals surface area contributed by atoms with Gasteiger partial charge in [-0.1, -0.05) is 20.8 Å². The molecule has 2 aliphatic rings. The van der Waals surface area contributed by atoms with Crippen molar-refractivity contribution in [3.05, 3.63) is 0 Å². The van der Waals surface area contributed by atoms with Crippen molar-refractivity contribution in [3.8, 4) is 0 Å². The number of nitrogens with zero attached hydrogens (tertiary/aromatic N) is 1. The molecular weight excluding hydrogens is 224 g/mol. The Morgan fingerprint density at radius 3 is 2.56 bits per heavy atom. The van der Waals surface area contributed by atoms with Gasteiger partial charge in [-0.15, -0.1) is 0 Å². The fraction of sp³-hybridized carbons (Fsp3) is 1.00. The van der Waals surface area contributed by atoms with Crippen LogP contribution < -0.4 is 5.73 Å². The molecule has 18 heavy (non-hydrogen) atoms. The van der Waals surface area contributed by atoms with E-state index in [4.69, 9.17) is 10.5 Å². The molecule has 0 aromatic heterocycles. The first-order valence-corrected chi connectivity index (χ1v) is 7.65. The van der Waals surface area contributed by atoms with Gasteiger partial charge in [0.25, 0.3) is 0 Å². The molecule has 1 heterocycles. The van der Waals surface area contributed by atoms with Gasteiger partial charge in [-0.25, -0.2) is 0 Å². The second kappa shape index (κ2) is 5.89. The topological polar surface area (TPSA) is 38.5 Å². The van der Waals surface area contributed by atoms with E-state index in [-0.39, 0.29) is 0 Å². The molecule has 2 fully saturated rings. The molecule has 2 rings (SSSR count). The SMILES string of the molecule is CCC1COC(C)CN1C1C(C)CC(C)CC1N. The Morgan fingerprint density at radius 1 is 1.22 bits per heavy atom. The van der Waals surface area contributed by atoms with E-state index in [1.807, 2.05) is 0 Å². The summed E-state index contributed by atoms with van der Waals surface area (Å²) in [5, 5.41) is 0. The van der Waals surface area contributed by atoms with E-state index in [1.165, 1.54) is 12.8 Å². The summed E-state index contributed by atoms with van der Waals surface area (Å²) in [6.45, 7) is 11.1. The highest BCUT2D eigenvalue weighted by Crippen LogP contribution is 2.34. The Morgan fingerprint density at radius 2 is 1.94 bits per heavy atom. The van der Waals surface area contributed by atoms with Crippen LogP contribution in [-0.2, 0) is 4.74 Å². The van der Waals surface area contributed by atoms with Crippen LogP contribution in [0.5, 0.6) is 0 Å². The largest absolute Gasteiger partial charge is 0.376 e. The zero-order valence-corrected chi connectivity index (χ0v) is 12.4. The van der Waals surface area contributed by atoms with Gasteiger partial charge in [-0.2, -0.15) is 0 Å². The lowest BCUT2D eigenvalue weighted by Crippen LogP contribution is -2.62. The number of nitrogens with two attached hydrogens (primary N) is 1. The van der Waals surface area contributed by atoms with Crippen LogP contribution in [0.3, 0.4) is 0 Å². The maximum Gasteiger partial charge on any atom is 0.0674 e. The van der Waals surface area contributed by atoms with E-state index >= 15 is 0 Å². The van der Waals surface area contributed by atoms with Crippen LogP contribution in [-0.4, -0.2) is 42.3 Å². The molecule has 6 unspecified atom stereocenters. The summed E-state index contributed by atoms with van der Waals surface area (Å²) in [7, 11) is 0. The zero-order valence-electron chi connectivity index (χ0n) is 12.4. The maximum absolute atomic E-state index is 6.47. The lowest BCUT2D eigenvalue weighted by atomic mass is 9.75. The fourth-order valence-corrected chi connectivity index (χ4v) is 4.06. The van der Waals surface area contributed by atoms with Gasteiger partial charge >= 0.3 is 0 Å². The van der Waals surface area contributed by atoms with Gasteiger partial charge in [0.15, 0.2) is 0 Å². The van der Waals surface area contributed by atoms with Gasteiger partial charge in [0.05, 0.1) is 12.7 Å². The zero-order chi connectivity index (χ0) is 13.3.